The normalized spacial score (nSPS) is 13.0. The number of carbonyl (C=O) groups excluding carboxylic acids is 1. The predicted molar refractivity (Wildman–Crippen MR) is 107 cm³/mol. The van der Waals surface area contributed by atoms with E-state index >= 15 is 0 Å². The van der Waals surface area contributed by atoms with E-state index in [1.165, 1.54) is 0 Å². The molecule has 0 saturated heterocycles. The zero-order valence-corrected chi connectivity index (χ0v) is 15.7. The van der Waals surface area contributed by atoms with Gasteiger partial charge in [0.15, 0.2) is 0 Å². The van der Waals surface area contributed by atoms with E-state index in [0.29, 0.717) is 34.9 Å². The highest BCUT2D eigenvalue weighted by molar-refractivity contribution is 5.95. The van der Waals surface area contributed by atoms with Crippen molar-refractivity contribution in [2.75, 3.05) is 5.32 Å². The molecule has 29 heavy (non-hydrogen) atoms. The SMILES string of the molecule is N#Cc1cc(-c2ccnc(Cc3ccc(CO)nc3)n2)ccc1NC(=O)C1CC1. The monoisotopic (exact) mass is 385 g/mol. The molecule has 4 rings (SSSR count). The number of aromatic nitrogens is 3. The Morgan fingerprint density at radius 3 is 2.76 bits per heavy atom. The van der Waals surface area contributed by atoms with Gasteiger partial charge >= 0.3 is 0 Å². The topological polar surface area (TPSA) is 112 Å². The van der Waals surface area contributed by atoms with Crippen LogP contribution in [0.5, 0.6) is 0 Å². The Balaban J connectivity index is 1.55. The van der Waals surface area contributed by atoms with Crippen LogP contribution in [-0.2, 0) is 17.8 Å². The Bertz CT molecular complexity index is 1090. The summed E-state index contributed by atoms with van der Waals surface area (Å²) in [7, 11) is 0. The van der Waals surface area contributed by atoms with Crippen LogP contribution in [0.3, 0.4) is 0 Å². The molecule has 0 bridgehead atoms. The minimum absolute atomic E-state index is 0.0283. The summed E-state index contributed by atoms with van der Waals surface area (Å²) < 4.78 is 0. The fraction of sp³-hybridized carbons (Fsp3) is 0.227. The average molecular weight is 385 g/mol. The number of aliphatic hydroxyl groups excluding tert-OH is 1. The number of benzene rings is 1. The Labute approximate surface area is 168 Å². The maximum absolute atomic E-state index is 12.0. The largest absolute Gasteiger partial charge is 0.390 e. The summed E-state index contributed by atoms with van der Waals surface area (Å²) >= 11 is 0. The van der Waals surface area contributed by atoms with Gasteiger partial charge in [0, 0.05) is 30.3 Å². The van der Waals surface area contributed by atoms with E-state index in [9.17, 15) is 10.1 Å². The number of anilines is 1. The first-order valence-electron chi connectivity index (χ1n) is 9.38. The lowest BCUT2D eigenvalue weighted by Crippen LogP contribution is -2.14. The van der Waals surface area contributed by atoms with Crippen LogP contribution >= 0.6 is 0 Å². The van der Waals surface area contributed by atoms with Crippen LogP contribution in [0, 0.1) is 17.2 Å². The van der Waals surface area contributed by atoms with E-state index in [0.717, 1.165) is 24.0 Å². The molecule has 2 heterocycles. The second-order valence-electron chi connectivity index (χ2n) is 6.99. The lowest BCUT2D eigenvalue weighted by Gasteiger charge is -2.09. The first kappa shape index (κ1) is 18.7. The Kier molecular flexibility index (Phi) is 5.27. The van der Waals surface area contributed by atoms with Crippen molar-refractivity contribution < 1.29 is 9.90 Å². The van der Waals surface area contributed by atoms with Crippen molar-refractivity contribution in [3.63, 3.8) is 0 Å². The van der Waals surface area contributed by atoms with E-state index in [1.54, 1.807) is 36.7 Å². The van der Waals surface area contributed by atoms with E-state index in [2.05, 4.69) is 26.3 Å². The molecular formula is C22H19N5O2. The van der Waals surface area contributed by atoms with Crippen LogP contribution in [0.1, 0.15) is 35.5 Å². The quantitative estimate of drug-likeness (QED) is 0.675. The molecule has 2 aromatic heterocycles. The Morgan fingerprint density at radius 1 is 1.21 bits per heavy atom. The van der Waals surface area contributed by atoms with Gasteiger partial charge in [-0.05, 0) is 42.7 Å². The van der Waals surface area contributed by atoms with Crippen molar-refractivity contribution in [1.82, 2.24) is 15.0 Å². The molecule has 0 radical (unpaired) electrons. The Morgan fingerprint density at radius 2 is 2.07 bits per heavy atom. The maximum Gasteiger partial charge on any atom is 0.227 e. The summed E-state index contributed by atoms with van der Waals surface area (Å²) in [6, 6.07) is 12.9. The van der Waals surface area contributed by atoms with Gasteiger partial charge < -0.3 is 10.4 Å². The summed E-state index contributed by atoms with van der Waals surface area (Å²) in [5, 5.41) is 21.4. The molecule has 1 aliphatic carbocycles. The molecule has 0 atom stereocenters. The summed E-state index contributed by atoms with van der Waals surface area (Å²) in [4.78, 5) is 25.1. The number of aliphatic hydroxyl groups is 1. The molecule has 1 aromatic carbocycles. The molecule has 1 aliphatic rings. The second-order valence-corrected chi connectivity index (χ2v) is 6.99. The highest BCUT2D eigenvalue weighted by atomic mass is 16.3. The third-order valence-electron chi connectivity index (χ3n) is 4.76. The molecule has 1 amide bonds. The fourth-order valence-electron chi connectivity index (χ4n) is 2.97. The van der Waals surface area contributed by atoms with E-state index < -0.39 is 0 Å². The van der Waals surface area contributed by atoms with Gasteiger partial charge in [-0.3, -0.25) is 9.78 Å². The number of pyridine rings is 1. The lowest BCUT2D eigenvalue weighted by molar-refractivity contribution is -0.117. The van der Waals surface area contributed by atoms with Crippen LogP contribution in [0.2, 0.25) is 0 Å². The number of nitrogens with one attached hydrogen (secondary N) is 1. The van der Waals surface area contributed by atoms with Crippen LogP contribution < -0.4 is 5.32 Å². The van der Waals surface area contributed by atoms with Crippen molar-refractivity contribution in [3.8, 4) is 17.3 Å². The zero-order chi connectivity index (χ0) is 20.2. The third-order valence-corrected chi connectivity index (χ3v) is 4.76. The molecule has 0 spiro atoms. The summed E-state index contributed by atoms with van der Waals surface area (Å²) in [6.45, 7) is -0.0927. The number of amides is 1. The molecule has 2 N–H and O–H groups in total. The van der Waals surface area contributed by atoms with Crippen LogP contribution in [0.25, 0.3) is 11.3 Å². The number of rotatable bonds is 6. The van der Waals surface area contributed by atoms with Crippen molar-refractivity contribution in [3.05, 3.63) is 71.4 Å². The molecule has 7 heteroatoms. The van der Waals surface area contributed by atoms with Gasteiger partial charge in [-0.1, -0.05) is 12.1 Å². The van der Waals surface area contributed by atoms with Gasteiger partial charge in [0.2, 0.25) is 5.91 Å². The maximum atomic E-state index is 12.0. The van der Waals surface area contributed by atoms with Crippen LogP contribution in [-0.4, -0.2) is 26.0 Å². The summed E-state index contributed by atoms with van der Waals surface area (Å²) in [5.41, 5.74) is 3.96. The molecule has 3 aromatic rings. The van der Waals surface area contributed by atoms with E-state index in [-0.39, 0.29) is 18.4 Å². The first-order valence-corrected chi connectivity index (χ1v) is 9.38. The van der Waals surface area contributed by atoms with Crippen LogP contribution in [0.15, 0.2) is 48.8 Å². The number of nitriles is 1. The molecule has 144 valence electrons. The standard InChI is InChI=1S/C22H19N5O2/c23-11-17-10-16(4-6-19(17)27-22(29)15-2-3-15)20-7-8-24-21(26-20)9-14-1-5-18(13-28)25-12-14/h1,4-8,10,12,15,28H,2-3,9,13H2,(H,27,29). The van der Waals surface area contributed by atoms with Crippen molar-refractivity contribution in [2.24, 2.45) is 5.92 Å². The van der Waals surface area contributed by atoms with Crippen molar-refractivity contribution >= 4 is 11.6 Å². The highest BCUT2D eigenvalue weighted by Crippen LogP contribution is 2.31. The lowest BCUT2D eigenvalue weighted by atomic mass is 10.1. The van der Waals surface area contributed by atoms with Crippen molar-refractivity contribution in [2.45, 2.75) is 25.9 Å². The smallest absolute Gasteiger partial charge is 0.227 e. The molecule has 1 saturated carbocycles. The van der Waals surface area contributed by atoms with Gasteiger partial charge in [0.1, 0.15) is 11.9 Å². The van der Waals surface area contributed by atoms with E-state index in [4.69, 9.17) is 5.11 Å². The Hall–Kier alpha value is -3.63. The summed E-state index contributed by atoms with van der Waals surface area (Å²) in [6.07, 6.45) is 5.71. The highest BCUT2D eigenvalue weighted by Gasteiger charge is 2.30. The molecule has 7 nitrogen and oxygen atoms in total. The molecule has 1 fully saturated rings. The van der Waals surface area contributed by atoms with Gasteiger partial charge in [0.25, 0.3) is 0 Å². The molecular weight excluding hydrogens is 366 g/mol. The van der Waals surface area contributed by atoms with E-state index in [1.807, 2.05) is 12.1 Å². The minimum atomic E-state index is -0.0927. The van der Waals surface area contributed by atoms with Gasteiger partial charge in [-0.25, -0.2) is 9.97 Å². The van der Waals surface area contributed by atoms with Crippen molar-refractivity contribution in [1.29, 1.82) is 5.26 Å². The number of hydrogen-bond donors (Lipinski definition) is 2. The number of carbonyl (C=O) groups is 1. The molecule has 0 unspecified atom stereocenters. The van der Waals surface area contributed by atoms with Gasteiger partial charge in [-0.15, -0.1) is 0 Å². The minimum Gasteiger partial charge on any atom is -0.390 e. The van der Waals surface area contributed by atoms with Crippen LogP contribution in [0.4, 0.5) is 5.69 Å². The summed E-state index contributed by atoms with van der Waals surface area (Å²) in [5.74, 6) is 0.677. The van der Waals surface area contributed by atoms with Gasteiger partial charge in [0.05, 0.1) is 29.2 Å². The fourth-order valence-corrected chi connectivity index (χ4v) is 2.97. The zero-order valence-electron chi connectivity index (χ0n) is 15.7. The average Bonchev–Trinajstić information content (AvgIpc) is 3.60. The number of hydrogen-bond acceptors (Lipinski definition) is 6. The first-order chi connectivity index (χ1) is 14.2. The predicted octanol–water partition coefficient (Wildman–Crippen LogP) is 2.84. The molecule has 0 aliphatic heterocycles. The second kappa shape index (κ2) is 8.17. The third kappa shape index (κ3) is 4.45. The van der Waals surface area contributed by atoms with Gasteiger partial charge in [-0.2, -0.15) is 5.26 Å². The number of nitrogens with zero attached hydrogens (tertiary/aromatic N) is 4.